The van der Waals surface area contributed by atoms with E-state index in [2.05, 4.69) is 15.8 Å². The molecule has 0 radical (unpaired) electrons. The highest BCUT2D eigenvalue weighted by Crippen LogP contribution is 2.20. The fraction of sp³-hybridized carbons (Fsp3) is 0.333. The Morgan fingerprint density at radius 3 is 2.56 bits per heavy atom. The lowest BCUT2D eigenvalue weighted by molar-refractivity contribution is 0.450. The zero-order valence-corrected chi connectivity index (χ0v) is 11.4. The Morgan fingerprint density at radius 2 is 2.00 bits per heavy atom. The van der Waals surface area contributed by atoms with Crippen molar-refractivity contribution in [2.24, 2.45) is 5.10 Å². The number of hydrogen-bond donors (Lipinski definition) is 4. The molecule has 0 heterocycles. The largest absolute Gasteiger partial charge is 0.508 e. The summed E-state index contributed by atoms with van der Waals surface area (Å²) in [5, 5.41) is 26.0. The predicted molar refractivity (Wildman–Crippen MR) is 76.0 cm³/mol. The lowest BCUT2D eigenvalue weighted by Crippen LogP contribution is -2.44. The predicted octanol–water partition coefficient (Wildman–Crippen LogP) is 1.69. The molecule has 0 aliphatic rings. The fourth-order valence-corrected chi connectivity index (χ4v) is 1.53. The van der Waals surface area contributed by atoms with Crippen molar-refractivity contribution < 1.29 is 10.2 Å². The van der Waals surface area contributed by atoms with Crippen molar-refractivity contribution in [1.29, 1.82) is 0 Å². The third kappa shape index (κ3) is 5.01. The minimum Gasteiger partial charge on any atom is -0.508 e. The van der Waals surface area contributed by atoms with Gasteiger partial charge in [-0.3, -0.25) is 5.43 Å². The van der Waals surface area contributed by atoms with Crippen LogP contribution >= 0.6 is 12.2 Å². The van der Waals surface area contributed by atoms with E-state index in [4.69, 9.17) is 17.3 Å². The SMILES string of the molecule is CC(C)(C)NC(=S)N/N=C\c1ccc(O)cc1O. The molecule has 0 aliphatic carbocycles. The van der Waals surface area contributed by atoms with Gasteiger partial charge < -0.3 is 15.5 Å². The van der Waals surface area contributed by atoms with Crippen LogP contribution in [0, 0.1) is 0 Å². The fourth-order valence-electron chi connectivity index (χ4n) is 1.17. The number of nitrogens with zero attached hydrogens (tertiary/aromatic N) is 1. The highest BCUT2D eigenvalue weighted by molar-refractivity contribution is 7.80. The van der Waals surface area contributed by atoms with Crippen LogP contribution in [-0.4, -0.2) is 27.1 Å². The molecule has 1 rings (SSSR count). The van der Waals surface area contributed by atoms with Crippen LogP contribution in [0.1, 0.15) is 26.3 Å². The average molecular weight is 267 g/mol. The van der Waals surface area contributed by atoms with E-state index in [1.807, 2.05) is 20.8 Å². The van der Waals surface area contributed by atoms with Crippen molar-refractivity contribution in [2.75, 3.05) is 0 Å². The van der Waals surface area contributed by atoms with Gasteiger partial charge in [-0.15, -0.1) is 0 Å². The Labute approximate surface area is 112 Å². The van der Waals surface area contributed by atoms with E-state index >= 15 is 0 Å². The van der Waals surface area contributed by atoms with Gasteiger partial charge in [0.15, 0.2) is 5.11 Å². The second-order valence-electron chi connectivity index (χ2n) is 4.82. The molecule has 1 aromatic rings. The summed E-state index contributed by atoms with van der Waals surface area (Å²) in [7, 11) is 0. The molecule has 98 valence electrons. The van der Waals surface area contributed by atoms with Gasteiger partial charge in [0.2, 0.25) is 0 Å². The van der Waals surface area contributed by atoms with Gasteiger partial charge in [-0.05, 0) is 45.1 Å². The summed E-state index contributed by atoms with van der Waals surface area (Å²) < 4.78 is 0. The molecule has 0 saturated heterocycles. The molecule has 0 aliphatic heterocycles. The van der Waals surface area contributed by atoms with Gasteiger partial charge >= 0.3 is 0 Å². The lowest BCUT2D eigenvalue weighted by Gasteiger charge is -2.21. The maximum Gasteiger partial charge on any atom is 0.187 e. The van der Waals surface area contributed by atoms with Crippen LogP contribution < -0.4 is 10.7 Å². The van der Waals surface area contributed by atoms with E-state index in [0.717, 1.165) is 0 Å². The third-order valence-corrected chi connectivity index (χ3v) is 2.07. The van der Waals surface area contributed by atoms with Crippen LogP contribution in [0.2, 0.25) is 0 Å². The molecule has 0 fully saturated rings. The molecule has 0 bridgehead atoms. The molecule has 0 spiro atoms. The standard InChI is InChI=1S/C12H17N3O2S/c1-12(2,3)14-11(18)15-13-7-8-4-5-9(16)6-10(8)17/h4-7,16-17H,1-3H3,(H2,14,15,18)/b13-7-. The summed E-state index contributed by atoms with van der Waals surface area (Å²) in [6.45, 7) is 5.95. The Balaban J connectivity index is 2.58. The van der Waals surface area contributed by atoms with Crippen LogP contribution in [0.3, 0.4) is 0 Å². The smallest absolute Gasteiger partial charge is 0.187 e. The number of aromatic hydroxyl groups is 2. The van der Waals surface area contributed by atoms with E-state index < -0.39 is 0 Å². The maximum absolute atomic E-state index is 9.52. The maximum atomic E-state index is 9.52. The molecule has 0 unspecified atom stereocenters. The first-order valence-corrected chi connectivity index (χ1v) is 5.82. The van der Waals surface area contributed by atoms with Crippen molar-refractivity contribution in [3.05, 3.63) is 23.8 Å². The molecular weight excluding hydrogens is 250 g/mol. The Bertz CT molecular complexity index is 467. The van der Waals surface area contributed by atoms with Crippen molar-refractivity contribution >= 4 is 23.5 Å². The number of phenolic OH excluding ortho intramolecular Hbond substituents is 2. The molecule has 0 saturated carbocycles. The first-order valence-electron chi connectivity index (χ1n) is 5.41. The number of hydrazone groups is 1. The van der Waals surface area contributed by atoms with E-state index in [1.165, 1.54) is 18.3 Å². The van der Waals surface area contributed by atoms with E-state index in [1.54, 1.807) is 6.07 Å². The zero-order valence-electron chi connectivity index (χ0n) is 10.6. The van der Waals surface area contributed by atoms with E-state index in [0.29, 0.717) is 10.7 Å². The van der Waals surface area contributed by atoms with Gasteiger partial charge in [0.1, 0.15) is 11.5 Å². The molecule has 18 heavy (non-hydrogen) atoms. The summed E-state index contributed by atoms with van der Waals surface area (Å²) in [5.74, 6) is -0.0437. The van der Waals surface area contributed by atoms with Crippen LogP contribution in [0.15, 0.2) is 23.3 Å². The average Bonchev–Trinajstić information content (AvgIpc) is 2.18. The van der Waals surface area contributed by atoms with Gasteiger partial charge in [-0.2, -0.15) is 5.10 Å². The monoisotopic (exact) mass is 267 g/mol. The number of phenols is 2. The third-order valence-electron chi connectivity index (χ3n) is 1.87. The number of hydrogen-bond acceptors (Lipinski definition) is 4. The Kier molecular flexibility index (Phi) is 4.49. The number of thiocarbonyl (C=S) groups is 1. The second kappa shape index (κ2) is 5.68. The second-order valence-corrected chi connectivity index (χ2v) is 5.23. The first-order chi connectivity index (χ1) is 8.28. The molecule has 4 N–H and O–H groups in total. The minimum atomic E-state index is -0.139. The van der Waals surface area contributed by atoms with Crippen LogP contribution in [0.4, 0.5) is 0 Å². The first kappa shape index (κ1) is 14.2. The molecule has 5 nitrogen and oxygen atoms in total. The van der Waals surface area contributed by atoms with Crippen molar-refractivity contribution in [2.45, 2.75) is 26.3 Å². The lowest BCUT2D eigenvalue weighted by atomic mass is 10.1. The Morgan fingerprint density at radius 1 is 1.33 bits per heavy atom. The topological polar surface area (TPSA) is 76.9 Å². The number of rotatable bonds is 2. The summed E-state index contributed by atoms with van der Waals surface area (Å²) in [6.07, 6.45) is 1.42. The zero-order chi connectivity index (χ0) is 13.8. The molecule has 6 heteroatoms. The van der Waals surface area contributed by atoms with Crippen LogP contribution in [-0.2, 0) is 0 Å². The van der Waals surface area contributed by atoms with Crippen LogP contribution in [0.25, 0.3) is 0 Å². The van der Waals surface area contributed by atoms with E-state index in [-0.39, 0.29) is 17.0 Å². The summed E-state index contributed by atoms with van der Waals surface area (Å²) in [4.78, 5) is 0. The molecule has 0 aromatic heterocycles. The van der Waals surface area contributed by atoms with E-state index in [9.17, 15) is 5.11 Å². The summed E-state index contributed by atoms with van der Waals surface area (Å²) in [6, 6.07) is 4.26. The highest BCUT2D eigenvalue weighted by atomic mass is 32.1. The quantitative estimate of drug-likeness (QED) is 0.373. The van der Waals surface area contributed by atoms with Crippen molar-refractivity contribution in [3.8, 4) is 11.5 Å². The van der Waals surface area contributed by atoms with Gasteiger partial charge in [-0.1, -0.05) is 0 Å². The summed E-state index contributed by atoms with van der Waals surface area (Å²) >= 11 is 5.03. The normalized spacial score (nSPS) is 11.5. The van der Waals surface area contributed by atoms with Gasteiger partial charge in [0.05, 0.1) is 6.21 Å². The van der Waals surface area contributed by atoms with Gasteiger partial charge in [-0.25, -0.2) is 0 Å². The summed E-state index contributed by atoms with van der Waals surface area (Å²) in [5.41, 5.74) is 2.99. The highest BCUT2D eigenvalue weighted by Gasteiger charge is 2.10. The van der Waals surface area contributed by atoms with Crippen molar-refractivity contribution in [1.82, 2.24) is 10.7 Å². The molecule has 1 aromatic carbocycles. The van der Waals surface area contributed by atoms with Gasteiger partial charge in [0.25, 0.3) is 0 Å². The Hall–Kier alpha value is -1.82. The molecule has 0 atom stereocenters. The molecular formula is C12H17N3O2S. The van der Waals surface area contributed by atoms with Crippen LogP contribution in [0.5, 0.6) is 11.5 Å². The number of benzene rings is 1. The molecule has 0 amide bonds. The van der Waals surface area contributed by atoms with Crippen molar-refractivity contribution in [3.63, 3.8) is 0 Å². The number of nitrogens with one attached hydrogen (secondary N) is 2. The minimum absolute atomic E-state index is 0.00234. The van der Waals surface area contributed by atoms with Gasteiger partial charge in [0, 0.05) is 17.2 Å².